The molecule has 0 N–H and O–H groups in total. The van der Waals surface area contributed by atoms with Crippen LogP contribution in [0.3, 0.4) is 0 Å². The fraction of sp³-hybridized carbons (Fsp3) is 0.538. The van der Waals surface area contributed by atoms with Crippen LogP contribution in [0.1, 0.15) is 42.2 Å². The fourth-order valence-corrected chi connectivity index (χ4v) is 2.21. The molecule has 1 aliphatic heterocycles. The third-order valence-corrected chi connectivity index (χ3v) is 3.34. The summed E-state index contributed by atoms with van der Waals surface area (Å²) in [6.07, 6.45) is 2.30. The van der Waals surface area contributed by atoms with E-state index in [9.17, 15) is 0 Å². The molecule has 1 aliphatic rings. The summed E-state index contributed by atoms with van der Waals surface area (Å²) in [7, 11) is 0. The second-order valence-corrected chi connectivity index (χ2v) is 4.82. The Kier molecular flexibility index (Phi) is 3.66. The molecule has 0 radical (unpaired) electrons. The molecule has 1 nitrogen and oxygen atoms in total. The van der Waals surface area contributed by atoms with E-state index in [4.69, 9.17) is 16.3 Å². The zero-order chi connectivity index (χ0) is 10.7. The highest BCUT2D eigenvalue weighted by atomic mass is 35.5. The van der Waals surface area contributed by atoms with Crippen molar-refractivity contribution in [3.05, 3.63) is 35.4 Å². The Morgan fingerprint density at radius 2 is 1.80 bits per heavy atom. The number of ether oxygens (including phenoxy) is 1. The molecule has 0 aromatic heterocycles. The third kappa shape index (κ3) is 2.73. The van der Waals surface area contributed by atoms with E-state index in [1.54, 1.807) is 0 Å². The van der Waals surface area contributed by atoms with Gasteiger partial charge in [0.15, 0.2) is 0 Å². The van der Waals surface area contributed by atoms with Gasteiger partial charge in [-0.3, -0.25) is 0 Å². The summed E-state index contributed by atoms with van der Waals surface area (Å²) in [5.74, 6) is 0.679. The van der Waals surface area contributed by atoms with Gasteiger partial charge in [-0.25, -0.2) is 0 Å². The minimum absolute atomic E-state index is 0.105. The first-order chi connectivity index (χ1) is 7.27. The average Bonchev–Trinajstić information content (AvgIpc) is 2.30. The molecule has 0 amide bonds. The molecule has 1 aromatic rings. The van der Waals surface area contributed by atoms with Crippen LogP contribution >= 0.6 is 11.6 Å². The van der Waals surface area contributed by atoms with Crippen molar-refractivity contribution in [1.82, 2.24) is 0 Å². The third-order valence-electron chi connectivity index (χ3n) is 3.09. The molecule has 15 heavy (non-hydrogen) atoms. The largest absolute Gasteiger partial charge is 0.381 e. The maximum Gasteiger partial charge on any atom is 0.0557 e. The zero-order valence-corrected chi connectivity index (χ0v) is 9.83. The topological polar surface area (TPSA) is 9.23 Å². The molecule has 2 heteroatoms. The van der Waals surface area contributed by atoms with Gasteiger partial charge in [-0.1, -0.05) is 24.3 Å². The molecular weight excluding hydrogens is 208 g/mol. The molecule has 0 spiro atoms. The first kappa shape index (κ1) is 11.0. The Bertz CT molecular complexity index is 299. The van der Waals surface area contributed by atoms with Crippen LogP contribution < -0.4 is 0 Å². The average molecular weight is 225 g/mol. The van der Waals surface area contributed by atoms with Gasteiger partial charge in [-0.15, -0.1) is 11.6 Å². The van der Waals surface area contributed by atoms with Crippen LogP contribution in [0.5, 0.6) is 0 Å². The van der Waals surface area contributed by atoms with Crippen LogP contribution in [0.15, 0.2) is 24.3 Å². The Labute approximate surface area is 96.4 Å². The van der Waals surface area contributed by atoms with E-state index in [0.29, 0.717) is 5.92 Å². The molecule has 82 valence electrons. The normalized spacial score (nSPS) is 20.1. The SMILES string of the molecule is CC(Cl)c1ccc(C2CCOCC2)cc1. The lowest BCUT2D eigenvalue weighted by Gasteiger charge is -2.22. The van der Waals surface area contributed by atoms with E-state index in [0.717, 1.165) is 26.1 Å². The predicted octanol–water partition coefficient (Wildman–Crippen LogP) is 3.88. The maximum absolute atomic E-state index is 6.02. The zero-order valence-electron chi connectivity index (χ0n) is 9.08. The molecule has 2 rings (SSSR count). The number of alkyl halides is 1. The molecule has 1 heterocycles. The highest BCUT2D eigenvalue weighted by molar-refractivity contribution is 6.20. The van der Waals surface area contributed by atoms with E-state index in [-0.39, 0.29) is 5.38 Å². The number of rotatable bonds is 2. The summed E-state index contributed by atoms with van der Waals surface area (Å²) in [5, 5.41) is 0.105. The Morgan fingerprint density at radius 1 is 1.20 bits per heavy atom. The molecule has 1 unspecified atom stereocenters. The molecule has 1 fully saturated rings. The number of benzene rings is 1. The minimum atomic E-state index is 0.105. The summed E-state index contributed by atoms with van der Waals surface area (Å²) in [6.45, 7) is 3.81. The van der Waals surface area contributed by atoms with E-state index < -0.39 is 0 Å². The Hall–Kier alpha value is -0.530. The molecule has 1 saturated heterocycles. The molecule has 1 atom stereocenters. The van der Waals surface area contributed by atoms with Crippen LogP contribution in [-0.2, 0) is 4.74 Å². The Balaban J connectivity index is 2.08. The molecule has 0 aliphatic carbocycles. The lowest BCUT2D eigenvalue weighted by atomic mass is 9.91. The van der Waals surface area contributed by atoms with E-state index in [2.05, 4.69) is 24.3 Å². The van der Waals surface area contributed by atoms with Crippen LogP contribution in [0.2, 0.25) is 0 Å². The molecule has 1 aromatic carbocycles. The second kappa shape index (κ2) is 5.00. The van der Waals surface area contributed by atoms with Crippen molar-refractivity contribution in [2.75, 3.05) is 13.2 Å². The lowest BCUT2D eigenvalue weighted by Crippen LogP contribution is -2.13. The van der Waals surface area contributed by atoms with Gasteiger partial charge >= 0.3 is 0 Å². The highest BCUT2D eigenvalue weighted by Gasteiger charge is 2.15. The van der Waals surface area contributed by atoms with E-state index >= 15 is 0 Å². The summed E-state index contributed by atoms with van der Waals surface area (Å²) < 4.78 is 5.36. The van der Waals surface area contributed by atoms with Gasteiger partial charge in [-0.2, -0.15) is 0 Å². The standard InChI is InChI=1S/C13H17ClO/c1-10(14)11-2-4-12(5-3-11)13-6-8-15-9-7-13/h2-5,10,13H,6-9H2,1H3. The monoisotopic (exact) mass is 224 g/mol. The smallest absolute Gasteiger partial charge is 0.0557 e. The van der Waals surface area contributed by atoms with Gasteiger partial charge in [0.1, 0.15) is 0 Å². The molecular formula is C13H17ClO. The highest BCUT2D eigenvalue weighted by Crippen LogP contribution is 2.28. The summed E-state index contributed by atoms with van der Waals surface area (Å²) in [5.41, 5.74) is 2.63. The van der Waals surface area contributed by atoms with Gasteiger partial charge in [0.2, 0.25) is 0 Å². The van der Waals surface area contributed by atoms with Crippen molar-refractivity contribution >= 4 is 11.6 Å². The van der Waals surface area contributed by atoms with Crippen LogP contribution in [-0.4, -0.2) is 13.2 Å². The quantitative estimate of drug-likeness (QED) is 0.693. The van der Waals surface area contributed by atoms with Gasteiger partial charge in [0.25, 0.3) is 0 Å². The molecule has 0 saturated carbocycles. The summed E-state index contributed by atoms with van der Waals surface area (Å²) in [6, 6.07) is 8.71. The van der Waals surface area contributed by atoms with E-state index in [1.807, 2.05) is 6.92 Å². The number of hydrogen-bond acceptors (Lipinski definition) is 1. The number of hydrogen-bond donors (Lipinski definition) is 0. The van der Waals surface area contributed by atoms with Gasteiger partial charge in [0, 0.05) is 13.2 Å². The van der Waals surface area contributed by atoms with Gasteiger partial charge < -0.3 is 4.74 Å². The maximum atomic E-state index is 6.02. The van der Waals surface area contributed by atoms with Crippen molar-refractivity contribution in [2.24, 2.45) is 0 Å². The first-order valence-corrected chi connectivity index (χ1v) is 6.02. The van der Waals surface area contributed by atoms with Crippen LogP contribution in [0.4, 0.5) is 0 Å². The van der Waals surface area contributed by atoms with E-state index in [1.165, 1.54) is 11.1 Å². The minimum Gasteiger partial charge on any atom is -0.381 e. The molecule has 0 bridgehead atoms. The Morgan fingerprint density at radius 3 is 2.33 bits per heavy atom. The van der Waals surface area contributed by atoms with Crippen molar-refractivity contribution in [2.45, 2.75) is 31.1 Å². The second-order valence-electron chi connectivity index (χ2n) is 4.17. The first-order valence-electron chi connectivity index (χ1n) is 5.59. The number of halogens is 1. The van der Waals surface area contributed by atoms with Gasteiger partial charge in [-0.05, 0) is 36.8 Å². The predicted molar refractivity (Wildman–Crippen MR) is 63.5 cm³/mol. The van der Waals surface area contributed by atoms with Crippen LogP contribution in [0.25, 0.3) is 0 Å². The van der Waals surface area contributed by atoms with Crippen molar-refractivity contribution in [3.63, 3.8) is 0 Å². The van der Waals surface area contributed by atoms with Crippen LogP contribution in [0, 0.1) is 0 Å². The van der Waals surface area contributed by atoms with Gasteiger partial charge in [0.05, 0.1) is 5.38 Å². The van der Waals surface area contributed by atoms with Crippen molar-refractivity contribution < 1.29 is 4.74 Å². The summed E-state index contributed by atoms with van der Waals surface area (Å²) in [4.78, 5) is 0. The lowest BCUT2D eigenvalue weighted by molar-refractivity contribution is 0.0853. The van der Waals surface area contributed by atoms with Crippen molar-refractivity contribution in [3.8, 4) is 0 Å². The summed E-state index contributed by atoms with van der Waals surface area (Å²) >= 11 is 6.02. The fourth-order valence-electron chi connectivity index (χ4n) is 2.06. The van der Waals surface area contributed by atoms with Crippen molar-refractivity contribution in [1.29, 1.82) is 0 Å².